The van der Waals surface area contributed by atoms with E-state index in [4.69, 9.17) is 0 Å². The number of hydrogen-bond acceptors (Lipinski definition) is 2. The van der Waals surface area contributed by atoms with Crippen molar-refractivity contribution in [1.82, 2.24) is 9.55 Å². The van der Waals surface area contributed by atoms with Crippen LogP contribution in [0.4, 0.5) is 0 Å². The molecule has 0 bridgehead atoms. The molecule has 0 radical (unpaired) electrons. The van der Waals surface area contributed by atoms with Crippen LogP contribution in [0.2, 0.25) is 0 Å². The van der Waals surface area contributed by atoms with Crippen molar-refractivity contribution in [3.63, 3.8) is 0 Å². The third-order valence-electron chi connectivity index (χ3n) is 4.44. The highest BCUT2D eigenvalue weighted by molar-refractivity contribution is 5.83. The van der Waals surface area contributed by atoms with Gasteiger partial charge in [-0.15, -0.1) is 0 Å². The lowest BCUT2D eigenvalue weighted by molar-refractivity contribution is -0.145. The molecule has 0 spiro atoms. The zero-order valence-corrected chi connectivity index (χ0v) is 11.7. The van der Waals surface area contributed by atoms with Gasteiger partial charge >= 0.3 is 11.7 Å². The SMILES string of the molecule is O=C(O)C1(c2ccccc2-n2cc[nH]c2=O)CCCCC1. The number of aliphatic carboxylic acids is 1. The predicted octanol–water partition coefficient (Wildman–Crippen LogP) is 2.45. The second-order valence-electron chi connectivity index (χ2n) is 5.60. The van der Waals surface area contributed by atoms with E-state index in [0.29, 0.717) is 18.5 Å². The number of aromatic nitrogens is 2. The number of carboxylic acid groups (broad SMARTS) is 1. The molecule has 21 heavy (non-hydrogen) atoms. The van der Waals surface area contributed by atoms with Crippen LogP contribution in [0.5, 0.6) is 0 Å². The van der Waals surface area contributed by atoms with E-state index in [0.717, 1.165) is 24.8 Å². The minimum atomic E-state index is -0.883. The maximum atomic E-state index is 12.0. The average molecular weight is 286 g/mol. The lowest BCUT2D eigenvalue weighted by Gasteiger charge is -2.35. The highest BCUT2D eigenvalue weighted by atomic mass is 16.4. The van der Waals surface area contributed by atoms with E-state index in [1.165, 1.54) is 4.57 Å². The number of hydrogen-bond donors (Lipinski definition) is 2. The van der Waals surface area contributed by atoms with E-state index in [-0.39, 0.29) is 5.69 Å². The maximum absolute atomic E-state index is 12.0. The molecule has 3 rings (SSSR count). The number of carboxylic acids is 1. The Bertz CT molecular complexity index is 708. The van der Waals surface area contributed by atoms with Crippen LogP contribution in [-0.4, -0.2) is 20.6 Å². The van der Waals surface area contributed by atoms with Crippen molar-refractivity contribution in [2.45, 2.75) is 37.5 Å². The molecule has 5 heteroatoms. The Morgan fingerprint density at radius 2 is 1.90 bits per heavy atom. The Kier molecular flexibility index (Phi) is 3.41. The molecule has 0 amide bonds. The van der Waals surface area contributed by atoms with E-state index in [2.05, 4.69) is 4.98 Å². The van der Waals surface area contributed by atoms with Gasteiger partial charge in [0.15, 0.2) is 0 Å². The van der Waals surface area contributed by atoms with Gasteiger partial charge in [0, 0.05) is 12.4 Å². The molecule has 5 nitrogen and oxygen atoms in total. The number of imidazole rings is 1. The van der Waals surface area contributed by atoms with Gasteiger partial charge in [0.1, 0.15) is 0 Å². The first-order valence-corrected chi connectivity index (χ1v) is 7.24. The molecule has 1 heterocycles. The standard InChI is InChI=1S/C16H18N2O3/c19-14(20)16(8-4-1-5-9-16)12-6-2-3-7-13(12)18-11-10-17-15(18)21/h2-3,6-7,10-11H,1,4-5,8-9H2,(H,17,21)(H,19,20). The summed E-state index contributed by atoms with van der Waals surface area (Å²) in [4.78, 5) is 26.5. The first-order chi connectivity index (χ1) is 10.1. The number of rotatable bonds is 3. The van der Waals surface area contributed by atoms with Crippen molar-refractivity contribution in [1.29, 1.82) is 0 Å². The fourth-order valence-electron chi connectivity index (χ4n) is 3.35. The Hall–Kier alpha value is -2.30. The van der Waals surface area contributed by atoms with Gasteiger partial charge in [0.05, 0.1) is 11.1 Å². The van der Waals surface area contributed by atoms with Crippen LogP contribution in [0.1, 0.15) is 37.7 Å². The molecular formula is C16H18N2O3. The monoisotopic (exact) mass is 286 g/mol. The van der Waals surface area contributed by atoms with Gasteiger partial charge < -0.3 is 10.1 Å². The molecule has 0 atom stereocenters. The van der Waals surface area contributed by atoms with Crippen molar-refractivity contribution in [2.75, 3.05) is 0 Å². The normalized spacial score (nSPS) is 17.5. The van der Waals surface area contributed by atoms with Crippen LogP contribution >= 0.6 is 0 Å². The summed E-state index contributed by atoms with van der Waals surface area (Å²) >= 11 is 0. The van der Waals surface area contributed by atoms with E-state index in [1.807, 2.05) is 24.3 Å². The van der Waals surface area contributed by atoms with Crippen LogP contribution in [0.25, 0.3) is 5.69 Å². The fourth-order valence-corrected chi connectivity index (χ4v) is 3.35. The van der Waals surface area contributed by atoms with Crippen molar-refractivity contribution >= 4 is 5.97 Å². The summed E-state index contributed by atoms with van der Waals surface area (Å²) in [5.74, 6) is -0.793. The van der Waals surface area contributed by atoms with Crippen LogP contribution in [0, 0.1) is 0 Å². The third-order valence-corrected chi connectivity index (χ3v) is 4.44. The molecular weight excluding hydrogens is 268 g/mol. The van der Waals surface area contributed by atoms with Crippen molar-refractivity contribution in [2.24, 2.45) is 0 Å². The lowest BCUT2D eigenvalue weighted by atomic mass is 9.69. The van der Waals surface area contributed by atoms with E-state index < -0.39 is 11.4 Å². The summed E-state index contributed by atoms with van der Waals surface area (Å²) < 4.78 is 1.48. The first-order valence-electron chi connectivity index (χ1n) is 7.24. The largest absolute Gasteiger partial charge is 0.481 e. The molecule has 0 saturated heterocycles. The first kappa shape index (κ1) is 13.7. The summed E-state index contributed by atoms with van der Waals surface area (Å²) in [7, 11) is 0. The zero-order chi connectivity index (χ0) is 14.9. The molecule has 2 N–H and O–H groups in total. The van der Waals surface area contributed by atoms with Crippen LogP contribution in [-0.2, 0) is 10.2 Å². The van der Waals surface area contributed by atoms with Gasteiger partial charge in [0.2, 0.25) is 0 Å². The van der Waals surface area contributed by atoms with Crippen molar-refractivity contribution in [3.05, 3.63) is 52.7 Å². The summed E-state index contributed by atoms with van der Waals surface area (Å²) in [6.45, 7) is 0. The van der Waals surface area contributed by atoms with Gasteiger partial charge in [-0.25, -0.2) is 4.79 Å². The molecule has 1 fully saturated rings. The number of H-pyrrole nitrogens is 1. The van der Waals surface area contributed by atoms with Gasteiger partial charge in [-0.2, -0.15) is 0 Å². The number of aromatic amines is 1. The molecule has 1 aromatic heterocycles. The van der Waals surface area contributed by atoms with Crippen LogP contribution in [0.15, 0.2) is 41.5 Å². The van der Waals surface area contributed by atoms with Crippen LogP contribution in [0.3, 0.4) is 0 Å². The van der Waals surface area contributed by atoms with Gasteiger partial charge in [-0.1, -0.05) is 37.5 Å². The lowest BCUT2D eigenvalue weighted by Crippen LogP contribution is -2.39. The van der Waals surface area contributed by atoms with E-state index >= 15 is 0 Å². The molecule has 1 aliphatic rings. The van der Waals surface area contributed by atoms with E-state index in [9.17, 15) is 14.7 Å². The van der Waals surface area contributed by atoms with Crippen molar-refractivity contribution in [3.8, 4) is 5.69 Å². The minimum Gasteiger partial charge on any atom is -0.481 e. The molecule has 0 unspecified atom stereocenters. The highest BCUT2D eigenvalue weighted by Gasteiger charge is 2.42. The summed E-state index contributed by atoms with van der Waals surface area (Å²) in [6, 6.07) is 7.32. The van der Waals surface area contributed by atoms with E-state index in [1.54, 1.807) is 12.4 Å². The van der Waals surface area contributed by atoms with Crippen LogP contribution < -0.4 is 5.69 Å². The molecule has 1 aliphatic carbocycles. The van der Waals surface area contributed by atoms with Crippen molar-refractivity contribution < 1.29 is 9.90 Å². The van der Waals surface area contributed by atoms with Gasteiger partial charge in [0.25, 0.3) is 0 Å². The summed E-state index contributed by atoms with van der Waals surface area (Å²) in [5, 5.41) is 9.84. The Morgan fingerprint density at radius 1 is 1.19 bits per heavy atom. The second kappa shape index (κ2) is 5.24. The smallest absolute Gasteiger partial charge is 0.330 e. The average Bonchev–Trinajstić information content (AvgIpc) is 2.94. The number of nitrogens with zero attached hydrogens (tertiary/aromatic N) is 1. The van der Waals surface area contributed by atoms with Gasteiger partial charge in [-0.05, 0) is 24.5 Å². The molecule has 0 aliphatic heterocycles. The number of carbonyl (C=O) groups is 1. The summed E-state index contributed by atoms with van der Waals surface area (Å²) in [6.07, 6.45) is 7.33. The number of benzene rings is 1. The summed E-state index contributed by atoms with van der Waals surface area (Å²) in [5.41, 5.74) is 0.261. The quantitative estimate of drug-likeness (QED) is 0.910. The second-order valence-corrected chi connectivity index (χ2v) is 5.60. The number of para-hydroxylation sites is 1. The Balaban J connectivity index is 2.20. The maximum Gasteiger partial charge on any atom is 0.330 e. The third kappa shape index (κ3) is 2.18. The molecule has 2 aromatic rings. The minimum absolute atomic E-state index is 0.251. The Morgan fingerprint density at radius 3 is 2.52 bits per heavy atom. The Labute approximate surface area is 122 Å². The fraction of sp³-hybridized carbons (Fsp3) is 0.375. The zero-order valence-electron chi connectivity index (χ0n) is 11.7. The molecule has 1 saturated carbocycles. The predicted molar refractivity (Wildman–Crippen MR) is 78.8 cm³/mol. The molecule has 110 valence electrons. The topological polar surface area (TPSA) is 75.1 Å². The molecule has 1 aromatic carbocycles. The van der Waals surface area contributed by atoms with Gasteiger partial charge in [-0.3, -0.25) is 9.36 Å². The highest BCUT2D eigenvalue weighted by Crippen LogP contribution is 2.41. The number of nitrogens with one attached hydrogen (secondary N) is 1.